The SMILES string of the molecule is CCOC(=O)N1CCN(C(=NC)NCc2cc(C(CC)CC)no2)CC1.I. The van der Waals surface area contributed by atoms with E-state index in [1.54, 1.807) is 11.9 Å². The van der Waals surface area contributed by atoms with Gasteiger partial charge in [-0.05, 0) is 19.8 Å². The Morgan fingerprint density at radius 3 is 2.44 bits per heavy atom. The van der Waals surface area contributed by atoms with Crippen LogP contribution in [0.15, 0.2) is 15.6 Å². The molecular weight excluding hydrogens is 461 g/mol. The Morgan fingerprint density at radius 2 is 1.89 bits per heavy atom. The number of piperazine rings is 1. The molecule has 27 heavy (non-hydrogen) atoms. The summed E-state index contributed by atoms with van der Waals surface area (Å²) in [5, 5.41) is 7.52. The highest BCUT2D eigenvalue weighted by atomic mass is 127. The third-order valence-corrected chi connectivity index (χ3v) is 4.72. The number of aromatic nitrogens is 1. The largest absolute Gasteiger partial charge is 0.450 e. The number of nitrogens with zero attached hydrogens (tertiary/aromatic N) is 4. The normalized spacial score (nSPS) is 14.9. The first-order valence-corrected chi connectivity index (χ1v) is 9.45. The highest BCUT2D eigenvalue weighted by Crippen LogP contribution is 2.22. The maximum atomic E-state index is 11.8. The molecule has 0 unspecified atom stereocenters. The highest BCUT2D eigenvalue weighted by Gasteiger charge is 2.24. The summed E-state index contributed by atoms with van der Waals surface area (Å²) in [5.74, 6) is 2.05. The second-order valence-electron chi connectivity index (χ2n) is 6.31. The smallest absolute Gasteiger partial charge is 0.409 e. The quantitative estimate of drug-likeness (QED) is 0.373. The molecule has 0 radical (unpaired) electrons. The maximum Gasteiger partial charge on any atom is 0.409 e. The molecule has 1 N–H and O–H groups in total. The van der Waals surface area contributed by atoms with E-state index in [-0.39, 0.29) is 30.1 Å². The van der Waals surface area contributed by atoms with Crippen molar-refractivity contribution in [1.29, 1.82) is 0 Å². The van der Waals surface area contributed by atoms with Crippen molar-refractivity contribution < 1.29 is 14.1 Å². The van der Waals surface area contributed by atoms with E-state index in [1.807, 2.05) is 13.0 Å². The van der Waals surface area contributed by atoms with Crippen LogP contribution in [0.25, 0.3) is 0 Å². The molecule has 1 aromatic rings. The Kier molecular flexibility index (Phi) is 10.5. The molecule has 0 atom stereocenters. The van der Waals surface area contributed by atoms with Gasteiger partial charge in [-0.2, -0.15) is 0 Å². The predicted octanol–water partition coefficient (Wildman–Crippen LogP) is 3.05. The van der Waals surface area contributed by atoms with Crippen molar-refractivity contribution in [2.75, 3.05) is 39.8 Å². The zero-order valence-electron chi connectivity index (χ0n) is 16.7. The fourth-order valence-electron chi connectivity index (χ4n) is 3.13. The summed E-state index contributed by atoms with van der Waals surface area (Å²) < 4.78 is 10.5. The van der Waals surface area contributed by atoms with E-state index in [2.05, 4.69) is 34.2 Å². The number of hydrogen-bond acceptors (Lipinski definition) is 5. The lowest BCUT2D eigenvalue weighted by Gasteiger charge is -2.35. The van der Waals surface area contributed by atoms with Gasteiger partial charge in [0.2, 0.25) is 0 Å². The standard InChI is InChI=1S/C18H31N5O3.HI/c1-5-14(6-2)16-12-15(26-21-16)13-20-17(19-4)22-8-10-23(11-9-22)18(24)25-7-3;/h12,14H,5-11,13H2,1-4H3,(H,19,20);1H. The highest BCUT2D eigenvalue weighted by molar-refractivity contribution is 14.0. The van der Waals surface area contributed by atoms with E-state index < -0.39 is 0 Å². The summed E-state index contributed by atoms with van der Waals surface area (Å²) in [7, 11) is 1.76. The molecule has 1 fully saturated rings. The van der Waals surface area contributed by atoms with Crippen LogP contribution in [0.5, 0.6) is 0 Å². The molecule has 8 nitrogen and oxygen atoms in total. The number of aliphatic imine (C=N–C) groups is 1. The van der Waals surface area contributed by atoms with Crippen LogP contribution in [0, 0.1) is 0 Å². The molecule has 2 heterocycles. The van der Waals surface area contributed by atoms with Gasteiger partial charge in [-0.1, -0.05) is 19.0 Å². The number of carbonyl (C=O) groups excluding carboxylic acids is 1. The molecule has 1 saturated heterocycles. The Hall–Kier alpha value is -1.52. The van der Waals surface area contributed by atoms with E-state index in [9.17, 15) is 4.79 Å². The van der Waals surface area contributed by atoms with Crippen molar-refractivity contribution in [2.45, 2.75) is 46.1 Å². The van der Waals surface area contributed by atoms with E-state index in [4.69, 9.17) is 9.26 Å². The van der Waals surface area contributed by atoms with Crippen LogP contribution in [0.4, 0.5) is 4.79 Å². The number of amides is 1. The van der Waals surface area contributed by atoms with Crippen molar-refractivity contribution in [3.05, 3.63) is 17.5 Å². The number of ether oxygens (including phenoxy) is 1. The zero-order valence-corrected chi connectivity index (χ0v) is 19.1. The molecule has 2 rings (SSSR count). The third kappa shape index (κ3) is 6.54. The number of guanidine groups is 1. The van der Waals surface area contributed by atoms with Crippen LogP contribution >= 0.6 is 24.0 Å². The van der Waals surface area contributed by atoms with Gasteiger partial charge in [-0.3, -0.25) is 4.99 Å². The molecule has 9 heteroatoms. The summed E-state index contributed by atoms with van der Waals surface area (Å²) in [4.78, 5) is 20.0. The van der Waals surface area contributed by atoms with Gasteiger partial charge in [0.15, 0.2) is 11.7 Å². The number of hydrogen-bond donors (Lipinski definition) is 1. The van der Waals surface area contributed by atoms with Gasteiger partial charge in [-0.25, -0.2) is 4.79 Å². The van der Waals surface area contributed by atoms with E-state index in [0.29, 0.717) is 45.2 Å². The lowest BCUT2D eigenvalue weighted by molar-refractivity contribution is 0.0914. The summed E-state index contributed by atoms with van der Waals surface area (Å²) in [6.07, 6.45) is 1.87. The lowest BCUT2D eigenvalue weighted by Crippen LogP contribution is -2.53. The number of rotatable bonds is 6. The number of nitrogens with one attached hydrogen (secondary N) is 1. The Bertz CT molecular complexity index is 596. The topological polar surface area (TPSA) is 83.2 Å². The fourth-order valence-corrected chi connectivity index (χ4v) is 3.13. The van der Waals surface area contributed by atoms with Crippen LogP contribution in [-0.2, 0) is 11.3 Å². The molecule has 1 aliphatic heterocycles. The predicted molar refractivity (Wildman–Crippen MR) is 116 cm³/mol. The van der Waals surface area contributed by atoms with Crippen molar-refractivity contribution in [3.63, 3.8) is 0 Å². The Labute approximate surface area is 178 Å². The molecular formula is C18H32IN5O3. The first-order valence-electron chi connectivity index (χ1n) is 9.45. The van der Waals surface area contributed by atoms with Crippen molar-refractivity contribution in [2.24, 2.45) is 4.99 Å². The van der Waals surface area contributed by atoms with Gasteiger partial charge in [0.1, 0.15) is 0 Å². The van der Waals surface area contributed by atoms with Gasteiger partial charge in [-0.15, -0.1) is 24.0 Å². The average Bonchev–Trinajstić information content (AvgIpc) is 3.13. The van der Waals surface area contributed by atoms with Gasteiger partial charge >= 0.3 is 6.09 Å². The molecule has 1 aliphatic rings. The van der Waals surface area contributed by atoms with Crippen LogP contribution in [0.3, 0.4) is 0 Å². The molecule has 154 valence electrons. The van der Waals surface area contributed by atoms with Crippen LogP contribution in [-0.4, -0.2) is 66.8 Å². The second-order valence-corrected chi connectivity index (χ2v) is 6.31. The minimum atomic E-state index is -0.245. The monoisotopic (exact) mass is 493 g/mol. The van der Waals surface area contributed by atoms with Crippen molar-refractivity contribution in [3.8, 4) is 0 Å². The van der Waals surface area contributed by atoms with Crippen LogP contribution < -0.4 is 5.32 Å². The first kappa shape index (κ1) is 23.5. The summed E-state index contributed by atoms with van der Waals surface area (Å²) in [6, 6.07) is 2.02. The molecule has 1 amide bonds. The molecule has 0 saturated carbocycles. The molecule has 0 bridgehead atoms. The minimum Gasteiger partial charge on any atom is -0.450 e. The van der Waals surface area contributed by atoms with Gasteiger partial charge in [0.05, 0.1) is 18.8 Å². The Balaban J connectivity index is 0.00000364. The number of carbonyl (C=O) groups is 1. The first-order chi connectivity index (χ1) is 12.6. The summed E-state index contributed by atoms with van der Waals surface area (Å²) in [6.45, 7) is 9.77. The molecule has 0 spiro atoms. The van der Waals surface area contributed by atoms with E-state index in [1.165, 1.54) is 0 Å². The average molecular weight is 493 g/mol. The van der Waals surface area contributed by atoms with Crippen molar-refractivity contribution >= 4 is 36.0 Å². The second kappa shape index (κ2) is 12.0. The fraction of sp³-hybridized carbons (Fsp3) is 0.722. The Morgan fingerprint density at radius 1 is 1.26 bits per heavy atom. The van der Waals surface area contributed by atoms with E-state index >= 15 is 0 Å². The lowest BCUT2D eigenvalue weighted by atomic mass is 9.99. The molecule has 1 aromatic heterocycles. The van der Waals surface area contributed by atoms with Crippen LogP contribution in [0.1, 0.15) is 51.0 Å². The zero-order chi connectivity index (χ0) is 18.9. The van der Waals surface area contributed by atoms with Crippen LogP contribution in [0.2, 0.25) is 0 Å². The third-order valence-electron chi connectivity index (χ3n) is 4.72. The molecule has 0 aromatic carbocycles. The van der Waals surface area contributed by atoms with Gasteiger partial charge in [0, 0.05) is 45.2 Å². The van der Waals surface area contributed by atoms with Crippen molar-refractivity contribution in [1.82, 2.24) is 20.3 Å². The minimum absolute atomic E-state index is 0. The summed E-state index contributed by atoms with van der Waals surface area (Å²) >= 11 is 0. The molecule has 0 aliphatic carbocycles. The maximum absolute atomic E-state index is 11.8. The van der Waals surface area contributed by atoms with Gasteiger partial charge in [0.25, 0.3) is 0 Å². The summed E-state index contributed by atoms with van der Waals surface area (Å²) in [5.41, 5.74) is 1.02. The van der Waals surface area contributed by atoms with Gasteiger partial charge < -0.3 is 24.4 Å². The number of halogens is 1. The van der Waals surface area contributed by atoms with E-state index in [0.717, 1.165) is 30.3 Å².